The third kappa shape index (κ3) is 3.92. The van der Waals surface area contributed by atoms with Gasteiger partial charge in [-0.05, 0) is 25.1 Å². The van der Waals surface area contributed by atoms with E-state index in [1.807, 2.05) is 0 Å². The van der Waals surface area contributed by atoms with Gasteiger partial charge in [-0.3, -0.25) is 0 Å². The van der Waals surface area contributed by atoms with Crippen molar-refractivity contribution >= 4 is 5.69 Å². The molecule has 0 fully saturated rings. The Balaban J connectivity index is 1.48. The summed E-state index contributed by atoms with van der Waals surface area (Å²) in [4.78, 5) is 4.04. The van der Waals surface area contributed by atoms with Gasteiger partial charge in [-0.15, -0.1) is 15.3 Å². The number of anilines is 1. The second-order valence-electron chi connectivity index (χ2n) is 6.23. The molecule has 0 spiro atoms. The van der Waals surface area contributed by atoms with Gasteiger partial charge in [-0.25, -0.2) is 18.4 Å². The average molecular weight is 413 g/mol. The molecule has 0 saturated carbocycles. The summed E-state index contributed by atoms with van der Waals surface area (Å²) in [5, 5.41) is 23.4. The smallest absolute Gasteiger partial charge is 0.265 e. The van der Waals surface area contributed by atoms with E-state index in [9.17, 15) is 8.78 Å². The number of nitrogens with one attached hydrogen (secondary N) is 1. The van der Waals surface area contributed by atoms with Crippen molar-refractivity contribution in [2.75, 3.05) is 12.4 Å². The molecule has 0 bridgehead atoms. The Morgan fingerprint density at radius 3 is 2.53 bits per heavy atom. The Labute approximate surface area is 169 Å². The minimum atomic E-state index is -2.58. The Bertz CT molecular complexity index is 1120. The van der Waals surface area contributed by atoms with Gasteiger partial charge in [0, 0.05) is 24.9 Å². The number of nitrogens with zero attached hydrogens (tertiary/aromatic N) is 8. The Kier molecular flexibility index (Phi) is 5.28. The van der Waals surface area contributed by atoms with Crippen LogP contribution < -0.4 is 10.1 Å². The van der Waals surface area contributed by atoms with Crippen molar-refractivity contribution in [1.29, 1.82) is 0 Å². The molecule has 4 aromatic heterocycles. The maximum absolute atomic E-state index is 12.7. The SMILES string of the molecule is CNc1cnn(-c2ccc(OCc3c(C)nnn3-c3ccc(C(F)F)cn3)nn2)c1. The summed E-state index contributed by atoms with van der Waals surface area (Å²) >= 11 is 0. The molecule has 0 atom stereocenters. The van der Waals surface area contributed by atoms with Crippen LogP contribution in [0.1, 0.15) is 23.4 Å². The molecule has 0 aliphatic heterocycles. The van der Waals surface area contributed by atoms with Crippen LogP contribution in [-0.4, -0.2) is 47.0 Å². The van der Waals surface area contributed by atoms with Crippen LogP contribution in [0.3, 0.4) is 0 Å². The largest absolute Gasteiger partial charge is 0.470 e. The van der Waals surface area contributed by atoms with Gasteiger partial charge in [-0.1, -0.05) is 5.21 Å². The maximum atomic E-state index is 12.7. The standard InChI is InChI=1S/C18H17F2N9O/c1-11-14(29(27-24-11)15-4-3-12(7-22-15)18(19)20)10-30-17-6-5-16(25-26-17)28-9-13(21-2)8-23-28/h3-9,18,21H,10H2,1-2H3. The van der Waals surface area contributed by atoms with Crippen LogP contribution in [-0.2, 0) is 6.61 Å². The zero-order valence-electron chi connectivity index (χ0n) is 16.1. The molecule has 0 amide bonds. The fraction of sp³-hybridized carbons (Fsp3) is 0.222. The lowest BCUT2D eigenvalue weighted by Crippen LogP contribution is -2.09. The van der Waals surface area contributed by atoms with Crippen LogP contribution in [0.4, 0.5) is 14.5 Å². The van der Waals surface area contributed by atoms with Crippen LogP contribution >= 0.6 is 0 Å². The number of rotatable bonds is 7. The number of hydrogen-bond acceptors (Lipinski definition) is 8. The number of pyridine rings is 1. The number of ether oxygens (including phenoxy) is 1. The van der Waals surface area contributed by atoms with Crippen LogP contribution in [0.5, 0.6) is 5.88 Å². The Morgan fingerprint density at radius 2 is 1.90 bits per heavy atom. The minimum absolute atomic E-state index is 0.0941. The zero-order chi connectivity index (χ0) is 21.1. The summed E-state index contributed by atoms with van der Waals surface area (Å²) in [5.74, 6) is 1.20. The maximum Gasteiger partial charge on any atom is 0.265 e. The van der Waals surface area contributed by atoms with Crippen molar-refractivity contribution in [3.63, 3.8) is 0 Å². The van der Waals surface area contributed by atoms with Gasteiger partial charge in [0.25, 0.3) is 6.43 Å². The topological polar surface area (TPSA) is 108 Å². The van der Waals surface area contributed by atoms with E-state index in [4.69, 9.17) is 4.74 Å². The van der Waals surface area contributed by atoms with Gasteiger partial charge in [-0.2, -0.15) is 9.78 Å². The zero-order valence-corrected chi connectivity index (χ0v) is 16.1. The fourth-order valence-electron chi connectivity index (χ4n) is 2.61. The molecule has 0 radical (unpaired) electrons. The van der Waals surface area contributed by atoms with E-state index in [1.165, 1.54) is 16.8 Å². The first-order valence-corrected chi connectivity index (χ1v) is 8.90. The second-order valence-corrected chi connectivity index (χ2v) is 6.23. The van der Waals surface area contributed by atoms with Crippen molar-refractivity contribution in [2.45, 2.75) is 20.0 Å². The molecular formula is C18H17F2N9O. The van der Waals surface area contributed by atoms with Gasteiger partial charge < -0.3 is 10.1 Å². The first-order chi connectivity index (χ1) is 14.5. The quantitative estimate of drug-likeness (QED) is 0.492. The second kappa shape index (κ2) is 8.19. The molecular weight excluding hydrogens is 396 g/mol. The monoisotopic (exact) mass is 413 g/mol. The van der Waals surface area contributed by atoms with E-state index < -0.39 is 6.43 Å². The Morgan fingerprint density at radius 1 is 1.07 bits per heavy atom. The highest BCUT2D eigenvalue weighted by molar-refractivity contribution is 5.39. The van der Waals surface area contributed by atoms with Gasteiger partial charge in [0.05, 0.1) is 23.8 Å². The van der Waals surface area contributed by atoms with Crippen molar-refractivity contribution in [3.05, 3.63) is 59.8 Å². The van der Waals surface area contributed by atoms with Crippen molar-refractivity contribution in [1.82, 2.24) is 40.0 Å². The first kappa shape index (κ1) is 19.4. The van der Waals surface area contributed by atoms with Crippen molar-refractivity contribution in [2.24, 2.45) is 0 Å². The highest BCUT2D eigenvalue weighted by Crippen LogP contribution is 2.20. The molecule has 4 rings (SSSR count). The number of halogens is 2. The third-order valence-corrected chi connectivity index (χ3v) is 4.29. The van der Waals surface area contributed by atoms with Crippen LogP contribution in [0, 0.1) is 6.92 Å². The van der Waals surface area contributed by atoms with Gasteiger partial charge in [0.1, 0.15) is 12.3 Å². The highest BCUT2D eigenvalue weighted by atomic mass is 19.3. The first-order valence-electron chi connectivity index (χ1n) is 8.90. The molecule has 4 heterocycles. The summed E-state index contributed by atoms with van der Waals surface area (Å²) in [5.41, 5.74) is 1.92. The lowest BCUT2D eigenvalue weighted by Gasteiger charge is -2.09. The molecule has 0 saturated heterocycles. The number of aryl methyl sites for hydroxylation is 1. The fourth-order valence-corrected chi connectivity index (χ4v) is 2.61. The molecule has 0 aliphatic rings. The molecule has 30 heavy (non-hydrogen) atoms. The van der Waals surface area contributed by atoms with E-state index in [2.05, 4.69) is 35.9 Å². The molecule has 1 N–H and O–H groups in total. The van der Waals surface area contributed by atoms with E-state index in [-0.39, 0.29) is 12.2 Å². The van der Waals surface area contributed by atoms with Crippen LogP contribution in [0.25, 0.3) is 11.6 Å². The van der Waals surface area contributed by atoms with E-state index >= 15 is 0 Å². The number of aromatic nitrogens is 8. The van der Waals surface area contributed by atoms with Crippen LogP contribution in [0.15, 0.2) is 42.9 Å². The normalized spacial score (nSPS) is 11.1. The van der Waals surface area contributed by atoms with Crippen molar-refractivity contribution in [3.8, 4) is 17.5 Å². The molecule has 0 unspecified atom stereocenters. The van der Waals surface area contributed by atoms with E-state index in [1.54, 1.807) is 43.2 Å². The number of hydrogen-bond donors (Lipinski definition) is 1. The van der Waals surface area contributed by atoms with Gasteiger partial charge in [0.2, 0.25) is 5.88 Å². The third-order valence-electron chi connectivity index (χ3n) is 4.29. The molecule has 4 aromatic rings. The predicted molar refractivity (Wildman–Crippen MR) is 102 cm³/mol. The summed E-state index contributed by atoms with van der Waals surface area (Å²) in [7, 11) is 1.80. The Hall–Kier alpha value is -3.96. The highest BCUT2D eigenvalue weighted by Gasteiger charge is 2.15. The lowest BCUT2D eigenvalue weighted by atomic mass is 10.3. The van der Waals surface area contributed by atoms with E-state index in [0.717, 1.165) is 11.9 Å². The summed E-state index contributed by atoms with van der Waals surface area (Å²) in [6, 6.07) is 6.15. The van der Waals surface area contributed by atoms with Crippen molar-refractivity contribution < 1.29 is 13.5 Å². The lowest BCUT2D eigenvalue weighted by molar-refractivity contribution is 0.151. The predicted octanol–water partition coefficient (Wildman–Crippen LogP) is 2.50. The molecule has 0 aliphatic carbocycles. The molecule has 12 heteroatoms. The minimum Gasteiger partial charge on any atom is -0.470 e. The van der Waals surface area contributed by atoms with Gasteiger partial charge >= 0.3 is 0 Å². The summed E-state index contributed by atoms with van der Waals surface area (Å²) in [6.45, 7) is 1.86. The van der Waals surface area contributed by atoms with E-state index in [0.29, 0.717) is 28.9 Å². The molecule has 0 aromatic carbocycles. The summed E-state index contributed by atoms with van der Waals surface area (Å²) < 4.78 is 34.2. The molecule has 154 valence electrons. The average Bonchev–Trinajstić information content (AvgIpc) is 3.39. The van der Waals surface area contributed by atoms with Crippen LogP contribution in [0.2, 0.25) is 0 Å². The molecule has 10 nitrogen and oxygen atoms in total. The van der Waals surface area contributed by atoms with Gasteiger partial charge in [0.15, 0.2) is 11.6 Å². The number of alkyl halides is 2. The summed E-state index contributed by atoms with van der Waals surface area (Å²) in [6.07, 6.45) is 1.98.